The van der Waals surface area contributed by atoms with Gasteiger partial charge in [0, 0.05) is 4.88 Å². The van der Waals surface area contributed by atoms with Crippen LogP contribution in [0.4, 0.5) is 0 Å². The summed E-state index contributed by atoms with van der Waals surface area (Å²) >= 11 is 1.56. The van der Waals surface area contributed by atoms with E-state index in [0.717, 1.165) is 23.3 Å². The van der Waals surface area contributed by atoms with Crippen LogP contribution in [0.2, 0.25) is 0 Å². The molecule has 1 heterocycles. The van der Waals surface area contributed by atoms with E-state index in [1.165, 1.54) is 16.9 Å². The first-order valence-electron chi connectivity index (χ1n) is 7.47. The Morgan fingerprint density at radius 3 is 2.73 bits per heavy atom. The topological polar surface area (TPSA) is 69.6 Å². The molecule has 22 heavy (non-hydrogen) atoms. The minimum absolute atomic E-state index is 0.113. The van der Waals surface area contributed by atoms with E-state index in [2.05, 4.69) is 5.32 Å². The lowest BCUT2D eigenvalue weighted by molar-refractivity contribution is 0.0920. The largest absolute Gasteiger partial charge is 0.508 e. The smallest absolute Gasteiger partial charge is 0.261 e. The average Bonchev–Trinajstić information content (AvgIpc) is 3.10. The van der Waals surface area contributed by atoms with E-state index in [1.807, 2.05) is 6.07 Å². The van der Waals surface area contributed by atoms with Crippen molar-refractivity contribution >= 4 is 17.2 Å². The lowest BCUT2D eigenvalue weighted by atomic mass is 10.1. The molecule has 1 aliphatic rings. The third-order valence-electron chi connectivity index (χ3n) is 3.94. The minimum atomic E-state index is -0.325. The Morgan fingerprint density at radius 2 is 2.05 bits per heavy atom. The number of benzene rings is 1. The van der Waals surface area contributed by atoms with Gasteiger partial charge in [-0.1, -0.05) is 12.1 Å². The van der Waals surface area contributed by atoms with Crippen molar-refractivity contribution in [1.29, 1.82) is 0 Å². The van der Waals surface area contributed by atoms with Gasteiger partial charge < -0.3 is 15.5 Å². The van der Waals surface area contributed by atoms with E-state index >= 15 is 0 Å². The summed E-state index contributed by atoms with van der Waals surface area (Å²) in [5.74, 6) is 0.0960. The third-order valence-corrected chi connectivity index (χ3v) is 5.18. The molecule has 3 rings (SSSR count). The molecular weight excluding hydrogens is 298 g/mol. The zero-order valence-corrected chi connectivity index (χ0v) is 13.0. The number of hydrogen-bond donors (Lipinski definition) is 3. The molecule has 116 valence electrons. The van der Waals surface area contributed by atoms with E-state index in [-0.39, 0.29) is 24.3 Å². The van der Waals surface area contributed by atoms with Gasteiger partial charge in [-0.3, -0.25) is 4.79 Å². The monoisotopic (exact) mass is 317 g/mol. The molecule has 1 atom stereocenters. The zero-order chi connectivity index (χ0) is 15.5. The third kappa shape index (κ3) is 3.31. The summed E-state index contributed by atoms with van der Waals surface area (Å²) in [5.41, 5.74) is 2.26. The molecule has 0 fully saturated rings. The van der Waals surface area contributed by atoms with Crippen molar-refractivity contribution in [2.24, 2.45) is 0 Å². The molecule has 3 N–H and O–H groups in total. The second-order valence-electron chi connectivity index (χ2n) is 5.64. The first-order chi connectivity index (χ1) is 10.7. The average molecular weight is 317 g/mol. The van der Waals surface area contributed by atoms with Crippen molar-refractivity contribution in [2.75, 3.05) is 6.61 Å². The molecule has 5 heteroatoms. The van der Waals surface area contributed by atoms with Crippen LogP contribution >= 0.6 is 11.3 Å². The number of aliphatic hydroxyl groups is 1. The molecule has 0 saturated heterocycles. The summed E-state index contributed by atoms with van der Waals surface area (Å²) in [6.45, 7) is -0.113. The Hall–Kier alpha value is -1.85. The molecule has 0 radical (unpaired) electrons. The number of hydrogen-bond acceptors (Lipinski definition) is 4. The van der Waals surface area contributed by atoms with Crippen molar-refractivity contribution in [1.82, 2.24) is 5.32 Å². The molecule has 1 aromatic carbocycles. The number of carbonyl (C=O) groups excluding carboxylic acids is 1. The number of fused-ring (bicyclic) bond motifs is 1. The van der Waals surface area contributed by atoms with E-state index in [9.17, 15) is 15.0 Å². The fourth-order valence-electron chi connectivity index (χ4n) is 2.78. The van der Waals surface area contributed by atoms with Crippen LogP contribution in [0.1, 0.15) is 32.1 Å². The Balaban J connectivity index is 1.64. The zero-order valence-electron chi connectivity index (χ0n) is 12.2. The minimum Gasteiger partial charge on any atom is -0.508 e. The SMILES string of the molecule is O=C(N[C@H](CO)Cc1ccc(O)cc1)c1cc2c(s1)CCC2. The van der Waals surface area contributed by atoms with Crippen LogP contribution < -0.4 is 5.32 Å². The molecule has 2 aromatic rings. The van der Waals surface area contributed by atoms with E-state index in [1.54, 1.807) is 35.6 Å². The molecule has 1 aromatic heterocycles. The highest BCUT2D eigenvalue weighted by atomic mass is 32.1. The molecule has 0 bridgehead atoms. The van der Waals surface area contributed by atoms with Gasteiger partial charge in [-0.05, 0) is 55.0 Å². The number of amides is 1. The maximum atomic E-state index is 12.3. The van der Waals surface area contributed by atoms with Crippen molar-refractivity contribution in [2.45, 2.75) is 31.7 Å². The number of phenols is 1. The van der Waals surface area contributed by atoms with E-state index < -0.39 is 0 Å². The Morgan fingerprint density at radius 1 is 1.27 bits per heavy atom. The Kier molecular flexibility index (Phi) is 4.45. The Labute approximate surface area is 133 Å². The molecule has 1 amide bonds. The second kappa shape index (κ2) is 6.50. The van der Waals surface area contributed by atoms with Crippen LogP contribution in [0.15, 0.2) is 30.3 Å². The van der Waals surface area contributed by atoms with Crippen molar-refractivity contribution in [3.63, 3.8) is 0 Å². The van der Waals surface area contributed by atoms with Crippen LogP contribution in [-0.4, -0.2) is 28.8 Å². The van der Waals surface area contributed by atoms with Gasteiger partial charge in [0.1, 0.15) is 5.75 Å². The van der Waals surface area contributed by atoms with Gasteiger partial charge in [0.25, 0.3) is 5.91 Å². The number of aromatic hydroxyl groups is 1. The molecule has 0 aliphatic heterocycles. The lowest BCUT2D eigenvalue weighted by Crippen LogP contribution is -2.38. The van der Waals surface area contributed by atoms with Crippen molar-refractivity contribution in [3.05, 3.63) is 51.2 Å². The van der Waals surface area contributed by atoms with Gasteiger partial charge in [0.05, 0.1) is 17.5 Å². The van der Waals surface area contributed by atoms with Crippen LogP contribution in [0.5, 0.6) is 5.75 Å². The number of phenolic OH excluding ortho intramolecular Hbond substituents is 1. The van der Waals surface area contributed by atoms with Crippen LogP contribution in [0, 0.1) is 0 Å². The fraction of sp³-hybridized carbons (Fsp3) is 0.353. The molecule has 4 nitrogen and oxygen atoms in total. The normalized spacial score (nSPS) is 14.6. The van der Waals surface area contributed by atoms with Crippen molar-refractivity contribution < 1.29 is 15.0 Å². The highest BCUT2D eigenvalue weighted by Gasteiger charge is 2.20. The maximum Gasteiger partial charge on any atom is 0.261 e. The summed E-state index contributed by atoms with van der Waals surface area (Å²) in [6.07, 6.45) is 3.86. The van der Waals surface area contributed by atoms with Crippen molar-refractivity contribution in [3.8, 4) is 5.75 Å². The summed E-state index contributed by atoms with van der Waals surface area (Å²) in [6, 6.07) is 8.46. The second-order valence-corrected chi connectivity index (χ2v) is 6.77. The lowest BCUT2D eigenvalue weighted by Gasteiger charge is -2.16. The predicted octanol–water partition coefficient (Wildman–Crippen LogP) is 2.28. The quantitative estimate of drug-likeness (QED) is 0.792. The Bertz CT molecular complexity index is 642. The number of carbonyl (C=O) groups is 1. The van der Waals surface area contributed by atoms with Crippen LogP contribution in [0.25, 0.3) is 0 Å². The number of nitrogens with one attached hydrogen (secondary N) is 1. The summed E-state index contributed by atoms with van der Waals surface area (Å²) in [4.78, 5) is 14.4. The number of aliphatic hydroxyl groups excluding tert-OH is 1. The maximum absolute atomic E-state index is 12.3. The van der Waals surface area contributed by atoms with Gasteiger partial charge in [-0.15, -0.1) is 11.3 Å². The highest BCUT2D eigenvalue weighted by Crippen LogP contribution is 2.30. The van der Waals surface area contributed by atoms with E-state index in [4.69, 9.17) is 0 Å². The first kappa shape index (κ1) is 15.1. The summed E-state index contributed by atoms with van der Waals surface area (Å²) in [5, 5.41) is 21.7. The summed E-state index contributed by atoms with van der Waals surface area (Å²) in [7, 11) is 0. The number of thiophene rings is 1. The molecule has 0 spiro atoms. The summed E-state index contributed by atoms with van der Waals surface area (Å²) < 4.78 is 0. The highest BCUT2D eigenvalue weighted by molar-refractivity contribution is 7.14. The van der Waals surface area contributed by atoms with Gasteiger partial charge in [0.2, 0.25) is 0 Å². The molecule has 0 unspecified atom stereocenters. The van der Waals surface area contributed by atoms with E-state index in [0.29, 0.717) is 6.42 Å². The van der Waals surface area contributed by atoms with Gasteiger partial charge in [-0.25, -0.2) is 0 Å². The number of rotatable bonds is 5. The molecule has 1 aliphatic carbocycles. The standard InChI is InChI=1S/C17H19NO3S/c19-10-13(8-11-4-6-14(20)7-5-11)18-17(21)16-9-12-2-1-3-15(12)22-16/h4-7,9,13,19-20H,1-3,8,10H2,(H,18,21)/t13-/m0/s1. The first-order valence-corrected chi connectivity index (χ1v) is 8.28. The van der Waals surface area contributed by atoms with Gasteiger partial charge in [0.15, 0.2) is 0 Å². The fourth-order valence-corrected chi connectivity index (χ4v) is 3.93. The van der Waals surface area contributed by atoms with Gasteiger partial charge in [-0.2, -0.15) is 0 Å². The van der Waals surface area contributed by atoms with Crippen LogP contribution in [-0.2, 0) is 19.3 Å². The number of aryl methyl sites for hydroxylation is 2. The predicted molar refractivity (Wildman–Crippen MR) is 86.5 cm³/mol. The molecule has 0 saturated carbocycles. The molecular formula is C17H19NO3S. The van der Waals surface area contributed by atoms with Crippen LogP contribution in [0.3, 0.4) is 0 Å². The van der Waals surface area contributed by atoms with Gasteiger partial charge >= 0.3 is 0 Å².